The van der Waals surface area contributed by atoms with Crippen LogP contribution < -0.4 is 10.2 Å². The molecule has 0 aliphatic carbocycles. The van der Waals surface area contributed by atoms with Gasteiger partial charge in [0, 0.05) is 17.0 Å². The molecule has 1 aromatic heterocycles. The summed E-state index contributed by atoms with van der Waals surface area (Å²) in [5, 5.41) is 13.6. The summed E-state index contributed by atoms with van der Waals surface area (Å²) in [6.45, 7) is 1.46. The third-order valence-corrected chi connectivity index (χ3v) is 6.38. The molecule has 0 bridgehead atoms. The maximum Gasteiger partial charge on any atom is 0.312 e. The quantitative estimate of drug-likeness (QED) is 0.557. The number of carbonyl (C=O) groups excluding carboxylic acids is 3. The first kappa shape index (κ1) is 22.2. The van der Waals surface area contributed by atoms with Crippen molar-refractivity contribution in [3.63, 3.8) is 0 Å². The Morgan fingerprint density at radius 1 is 1.15 bits per heavy atom. The molecule has 2 atom stereocenters. The predicted octanol–water partition coefficient (Wildman–Crippen LogP) is 4.20. The van der Waals surface area contributed by atoms with Crippen molar-refractivity contribution in [2.24, 2.45) is 5.92 Å². The molecule has 0 saturated carbocycles. The minimum atomic E-state index is -0.739. The van der Waals surface area contributed by atoms with E-state index in [9.17, 15) is 14.4 Å². The van der Waals surface area contributed by atoms with E-state index in [0.29, 0.717) is 16.9 Å². The molecule has 0 unspecified atom stereocenters. The molecular weight excluding hydrogens is 438 g/mol. The normalized spacial score (nSPS) is 17.5. The van der Waals surface area contributed by atoms with Crippen LogP contribution in [0.2, 0.25) is 0 Å². The van der Waals surface area contributed by atoms with Gasteiger partial charge in [-0.3, -0.25) is 14.4 Å². The topological polar surface area (TPSA) is 99.5 Å². The van der Waals surface area contributed by atoms with E-state index in [1.54, 1.807) is 29.2 Å². The number of thiophene rings is 1. The van der Waals surface area contributed by atoms with Gasteiger partial charge in [-0.1, -0.05) is 35.9 Å². The standard InChI is InChI=1S/C25H21N3O4S/c1-16-8-10-18(11-9-16)28-23(30)13-19(24(28)21-7-4-12-33-21)25(31)32-15-22(29)27-20-6-3-2-5-17(20)14-26/h2-12,19,24H,13,15H2,1H3,(H,27,29)/t19-,24-/m0/s1. The minimum Gasteiger partial charge on any atom is -0.455 e. The van der Waals surface area contributed by atoms with Crippen LogP contribution in [-0.4, -0.2) is 24.4 Å². The lowest BCUT2D eigenvalue weighted by atomic mass is 9.99. The molecule has 2 aromatic carbocycles. The molecule has 2 heterocycles. The first-order valence-corrected chi connectivity index (χ1v) is 11.2. The number of aryl methyl sites for hydroxylation is 1. The lowest BCUT2D eigenvalue weighted by Crippen LogP contribution is -2.31. The number of anilines is 2. The second kappa shape index (κ2) is 9.67. The average molecular weight is 460 g/mol. The number of amides is 2. The molecule has 166 valence electrons. The van der Waals surface area contributed by atoms with E-state index in [4.69, 9.17) is 10.00 Å². The summed E-state index contributed by atoms with van der Waals surface area (Å²) in [5.41, 5.74) is 2.44. The zero-order valence-corrected chi connectivity index (χ0v) is 18.7. The number of nitrogens with zero attached hydrogens (tertiary/aromatic N) is 2. The van der Waals surface area contributed by atoms with Crippen LogP contribution in [0.4, 0.5) is 11.4 Å². The molecule has 1 fully saturated rings. The SMILES string of the molecule is Cc1ccc(N2C(=O)C[C@H](C(=O)OCC(=O)Nc3ccccc3C#N)[C@H]2c2cccs2)cc1. The fourth-order valence-corrected chi connectivity index (χ4v) is 4.74. The summed E-state index contributed by atoms with van der Waals surface area (Å²) in [5.74, 6) is -2.08. The first-order valence-electron chi connectivity index (χ1n) is 10.4. The van der Waals surface area contributed by atoms with Crippen LogP contribution in [0, 0.1) is 24.2 Å². The van der Waals surface area contributed by atoms with Gasteiger partial charge in [0.05, 0.1) is 23.2 Å². The van der Waals surface area contributed by atoms with E-state index in [-0.39, 0.29) is 12.3 Å². The van der Waals surface area contributed by atoms with Gasteiger partial charge in [-0.15, -0.1) is 11.3 Å². The molecule has 1 N–H and O–H groups in total. The third kappa shape index (κ3) is 4.78. The molecule has 0 spiro atoms. The largest absolute Gasteiger partial charge is 0.455 e. The molecule has 4 rings (SSSR count). The van der Waals surface area contributed by atoms with E-state index in [1.165, 1.54) is 11.3 Å². The van der Waals surface area contributed by atoms with Gasteiger partial charge in [-0.25, -0.2) is 0 Å². The van der Waals surface area contributed by atoms with E-state index in [1.807, 2.05) is 54.8 Å². The van der Waals surface area contributed by atoms with E-state index < -0.39 is 30.4 Å². The Morgan fingerprint density at radius 2 is 1.91 bits per heavy atom. The van der Waals surface area contributed by atoms with Gasteiger partial charge in [-0.2, -0.15) is 5.26 Å². The molecule has 3 aromatic rings. The van der Waals surface area contributed by atoms with Crippen LogP contribution in [0.1, 0.15) is 28.5 Å². The Labute approximate surface area is 195 Å². The lowest BCUT2D eigenvalue weighted by Gasteiger charge is -2.27. The number of carbonyl (C=O) groups is 3. The first-order chi connectivity index (χ1) is 16.0. The molecule has 1 aliphatic heterocycles. The van der Waals surface area contributed by atoms with Crippen molar-refractivity contribution in [2.45, 2.75) is 19.4 Å². The van der Waals surface area contributed by atoms with Crippen molar-refractivity contribution in [3.8, 4) is 6.07 Å². The molecule has 8 heteroatoms. The van der Waals surface area contributed by atoms with Crippen LogP contribution >= 0.6 is 11.3 Å². The minimum absolute atomic E-state index is 0.00579. The van der Waals surface area contributed by atoms with E-state index in [2.05, 4.69) is 5.32 Å². The highest BCUT2D eigenvalue weighted by Gasteiger charge is 2.46. The van der Waals surface area contributed by atoms with Crippen molar-refractivity contribution in [1.29, 1.82) is 5.26 Å². The van der Waals surface area contributed by atoms with Crippen LogP contribution in [-0.2, 0) is 19.1 Å². The fraction of sp³-hybridized carbons (Fsp3) is 0.200. The number of benzene rings is 2. The maximum absolute atomic E-state index is 13.0. The van der Waals surface area contributed by atoms with Gasteiger partial charge in [0.2, 0.25) is 5.91 Å². The molecule has 1 saturated heterocycles. The molecule has 2 amide bonds. The lowest BCUT2D eigenvalue weighted by molar-refractivity contribution is -0.152. The van der Waals surface area contributed by atoms with Gasteiger partial charge < -0.3 is 15.0 Å². The number of ether oxygens (including phenoxy) is 1. The number of hydrogen-bond donors (Lipinski definition) is 1. The summed E-state index contributed by atoms with van der Waals surface area (Å²) in [4.78, 5) is 40.8. The summed E-state index contributed by atoms with van der Waals surface area (Å²) < 4.78 is 5.31. The second-order valence-corrected chi connectivity index (χ2v) is 8.66. The number of esters is 1. The smallest absolute Gasteiger partial charge is 0.312 e. The summed E-state index contributed by atoms with van der Waals surface area (Å²) in [6, 6.07) is 19.4. The summed E-state index contributed by atoms with van der Waals surface area (Å²) in [6.07, 6.45) is -0.00579. The monoisotopic (exact) mass is 459 g/mol. The Kier molecular flexibility index (Phi) is 6.52. The number of hydrogen-bond acceptors (Lipinski definition) is 6. The van der Waals surface area contributed by atoms with Crippen LogP contribution in [0.3, 0.4) is 0 Å². The van der Waals surface area contributed by atoms with Crippen molar-refractivity contribution in [3.05, 3.63) is 82.0 Å². The Morgan fingerprint density at radius 3 is 2.61 bits per heavy atom. The molecular formula is C25H21N3O4S. The number of nitrogens with one attached hydrogen (secondary N) is 1. The summed E-state index contributed by atoms with van der Waals surface area (Å²) in [7, 11) is 0. The highest BCUT2D eigenvalue weighted by atomic mass is 32.1. The molecule has 1 aliphatic rings. The van der Waals surface area contributed by atoms with Crippen molar-refractivity contribution < 1.29 is 19.1 Å². The Bertz CT molecular complexity index is 1220. The van der Waals surface area contributed by atoms with Gasteiger partial charge in [0.15, 0.2) is 6.61 Å². The maximum atomic E-state index is 13.0. The van der Waals surface area contributed by atoms with Crippen molar-refractivity contribution in [2.75, 3.05) is 16.8 Å². The van der Waals surface area contributed by atoms with Crippen LogP contribution in [0.5, 0.6) is 0 Å². The molecule has 33 heavy (non-hydrogen) atoms. The Balaban J connectivity index is 1.49. The number of nitriles is 1. The zero-order valence-electron chi connectivity index (χ0n) is 17.9. The predicted molar refractivity (Wildman–Crippen MR) is 125 cm³/mol. The van der Waals surface area contributed by atoms with Crippen LogP contribution in [0.15, 0.2) is 66.0 Å². The number of para-hydroxylation sites is 1. The van der Waals surface area contributed by atoms with E-state index in [0.717, 1.165) is 10.4 Å². The fourth-order valence-electron chi connectivity index (χ4n) is 3.86. The van der Waals surface area contributed by atoms with E-state index >= 15 is 0 Å². The second-order valence-electron chi connectivity index (χ2n) is 7.68. The van der Waals surface area contributed by atoms with Gasteiger partial charge in [0.1, 0.15) is 6.07 Å². The van der Waals surface area contributed by atoms with Gasteiger partial charge >= 0.3 is 5.97 Å². The van der Waals surface area contributed by atoms with Gasteiger partial charge in [-0.05, 0) is 42.6 Å². The third-order valence-electron chi connectivity index (χ3n) is 5.44. The Hall–Kier alpha value is -3.96. The number of rotatable bonds is 6. The molecule has 0 radical (unpaired) electrons. The van der Waals surface area contributed by atoms with Crippen LogP contribution in [0.25, 0.3) is 0 Å². The van der Waals surface area contributed by atoms with Crippen molar-refractivity contribution >= 4 is 40.5 Å². The van der Waals surface area contributed by atoms with Crippen molar-refractivity contribution in [1.82, 2.24) is 0 Å². The average Bonchev–Trinajstić information content (AvgIpc) is 3.46. The van der Waals surface area contributed by atoms with Gasteiger partial charge in [0.25, 0.3) is 5.91 Å². The molecule has 7 nitrogen and oxygen atoms in total. The highest BCUT2D eigenvalue weighted by Crippen LogP contribution is 2.43. The highest BCUT2D eigenvalue weighted by molar-refractivity contribution is 7.10. The summed E-state index contributed by atoms with van der Waals surface area (Å²) >= 11 is 1.46. The zero-order chi connectivity index (χ0) is 23.4.